The van der Waals surface area contributed by atoms with Crippen LogP contribution >= 0.6 is 0 Å². The Balaban J connectivity index is -0.0000000612. The number of hydrogen-bond donors (Lipinski definition) is 0. The van der Waals surface area contributed by atoms with Crippen molar-refractivity contribution in [3.63, 3.8) is 0 Å². The van der Waals surface area contributed by atoms with Crippen LogP contribution in [0.25, 0.3) is 0 Å². The van der Waals surface area contributed by atoms with Crippen molar-refractivity contribution in [2.24, 2.45) is 0 Å². The molecule has 0 aliphatic carbocycles. The van der Waals surface area contributed by atoms with Crippen molar-refractivity contribution in [1.82, 2.24) is 0 Å². The SMILES string of the molecule is Cc1ccccc1.[Al+3].[H-].[H-].[H-]. The Bertz CT molecular complexity index is 144. The van der Waals surface area contributed by atoms with Crippen LogP contribution in [0.5, 0.6) is 0 Å². The van der Waals surface area contributed by atoms with E-state index in [1.807, 2.05) is 18.2 Å². The van der Waals surface area contributed by atoms with E-state index in [-0.39, 0.29) is 21.6 Å². The van der Waals surface area contributed by atoms with E-state index in [0.29, 0.717) is 0 Å². The summed E-state index contributed by atoms with van der Waals surface area (Å²) in [7, 11) is 0. The van der Waals surface area contributed by atoms with Gasteiger partial charge in [-0.05, 0) is 6.92 Å². The molecule has 0 aliphatic heterocycles. The average molecular weight is 122 g/mol. The first kappa shape index (κ1) is 7.75. The van der Waals surface area contributed by atoms with Gasteiger partial charge in [-0.15, -0.1) is 0 Å². The van der Waals surface area contributed by atoms with E-state index in [9.17, 15) is 0 Å². The zero-order valence-corrected chi connectivity index (χ0v) is 6.12. The molecule has 0 bridgehead atoms. The fraction of sp³-hybridized carbons (Fsp3) is 0.143. The second-order valence-electron chi connectivity index (χ2n) is 1.65. The summed E-state index contributed by atoms with van der Waals surface area (Å²) in [5.74, 6) is 0. The third kappa shape index (κ3) is 2.16. The first-order valence-electron chi connectivity index (χ1n) is 2.41. The summed E-state index contributed by atoms with van der Waals surface area (Å²) in [6, 6.07) is 10.3. The Hall–Kier alpha value is -0.248. The Morgan fingerprint density at radius 3 is 1.88 bits per heavy atom. The van der Waals surface area contributed by atoms with Gasteiger partial charge in [-0.2, -0.15) is 0 Å². The molecule has 0 saturated carbocycles. The molecule has 8 heavy (non-hydrogen) atoms. The van der Waals surface area contributed by atoms with Crippen LogP contribution in [-0.4, -0.2) is 17.4 Å². The molecular formula is C7H11Al. The fourth-order valence-electron chi connectivity index (χ4n) is 0.534. The first-order chi connectivity index (χ1) is 3.39. The molecule has 0 unspecified atom stereocenters. The van der Waals surface area contributed by atoms with Crippen molar-refractivity contribution in [3.05, 3.63) is 35.9 Å². The molecule has 0 atom stereocenters. The smallest absolute Gasteiger partial charge is 1.00 e. The van der Waals surface area contributed by atoms with Crippen LogP contribution in [0.4, 0.5) is 0 Å². The van der Waals surface area contributed by atoms with Gasteiger partial charge in [0.05, 0.1) is 0 Å². The van der Waals surface area contributed by atoms with Gasteiger partial charge in [0.15, 0.2) is 0 Å². The Labute approximate surface area is 65.1 Å². The van der Waals surface area contributed by atoms with E-state index in [2.05, 4.69) is 19.1 Å². The zero-order chi connectivity index (χ0) is 5.11. The van der Waals surface area contributed by atoms with Crippen LogP contribution < -0.4 is 0 Å². The predicted molar refractivity (Wildman–Crippen MR) is 40.3 cm³/mol. The number of hydrogen-bond acceptors (Lipinski definition) is 0. The second-order valence-corrected chi connectivity index (χ2v) is 1.65. The Morgan fingerprint density at radius 2 is 1.62 bits per heavy atom. The van der Waals surface area contributed by atoms with Crippen LogP contribution in [0.15, 0.2) is 30.3 Å². The van der Waals surface area contributed by atoms with Crippen LogP contribution in [0, 0.1) is 6.92 Å². The molecule has 42 valence electrons. The van der Waals surface area contributed by atoms with Crippen molar-refractivity contribution in [2.75, 3.05) is 0 Å². The summed E-state index contributed by atoms with van der Waals surface area (Å²) in [6.07, 6.45) is 0. The molecule has 0 spiro atoms. The Morgan fingerprint density at radius 1 is 1.12 bits per heavy atom. The maximum Gasteiger partial charge on any atom is 3.00 e. The van der Waals surface area contributed by atoms with Gasteiger partial charge >= 0.3 is 17.4 Å². The van der Waals surface area contributed by atoms with Crippen molar-refractivity contribution >= 4 is 17.4 Å². The minimum absolute atomic E-state index is 0. The van der Waals surface area contributed by atoms with E-state index >= 15 is 0 Å². The van der Waals surface area contributed by atoms with Crippen LogP contribution in [-0.2, 0) is 0 Å². The molecule has 0 saturated heterocycles. The van der Waals surface area contributed by atoms with Crippen LogP contribution in [0.2, 0.25) is 0 Å². The van der Waals surface area contributed by atoms with E-state index in [1.54, 1.807) is 0 Å². The van der Waals surface area contributed by atoms with Gasteiger partial charge in [0, 0.05) is 0 Å². The molecule has 1 rings (SSSR count). The van der Waals surface area contributed by atoms with Gasteiger partial charge in [-0.1, -0.05) is 35.9 Å². The maximum absolute atomic E-state index is 2.08. The van der Waals surface area contributed by atoms with Crippen LogP contribution in [0.3, 0.4) is 0 Å². The molecule has 0 amide bonds. The maximum atomic E-state index is 2.08. The van der Waals surface area contributed by atoms with Crippen molar-refractivity contribution in [2.45, 2.75) is 6.92 Å². The molecule has 0 nitrogen and oxygen atoms in total. The molecule has 1 aromatic rings. The second kappa shape index (κ2) is 3.72. The molecule has 1 aromatic carbocycles. The van der Waals surface area contributed by atoms with Crippen molar-refractivity contribution in [1.29, 1.82) is 0 Å². The topological polar surface area (TPSA) is 0 Å². The summed E-state index contributed by atoms with van der Waals surface area (Å²) in [5, 5.41) is 0. The normalized spacial score (nSPS) is 7.62. The first-order valence-corrected chi connectivity index (χ1v) is 2.41. The molecule has 0 heterocycles. The largest absolute Gasteiger partial charge is 3.00 e. The van der Waals surface area contributed by atoms with E-state index < -0.39 is 0 Å². The van der Waals surface area contributed by atoms with Crippen molar-refractivity contribution < 1.29 is 4.28 Å². The van der Waals surface area contributed by atoms with E-state index in [1.165, 1.54) is 5.56 Å². The van der Waals surface area contributed by atoms with E-state index in [4.69, 9.17) is 0 Å². The van der Waals surface area contributed by atoms with E-state index in [0.717, 1.165) is 0 Å². The van der Waals surface area contributed by atoms with Gasteiger partial charge in [-0.3, -0.25) is 0 Å². The summed E-state index contributed by atoms with van der Waals surface area (Å²) in [5.41, 5.74) is 1.32. The van der Waals surface area contributed by atoms with Gasteiger partial charge in [0.25, 0.3) is 0 Å². The summed E-state index contributed by atoms with van der Waals surface area (Å²) in [4.78, 5) is 0. The van der Waals surface area contributed by atoms with Gasteiger partial charge in [0.2, 0.25) is 0 Å². The molecule has 0 radical (unpaired) electrons. The van der Waals surface area contributed by atoms with Gasteiger partial charge < -0.3 is 4.28 Å². The average Bonchev–Trinajstić information content (AvgIpc) is 1.69. The predicted octanol–water partition coefficient (Wildman–Crippen LogP) is 1.95. The number of aryl methyl sites for hydroxylation is 1. The van der Waals surface area contributed by atoms with Crippen molar-refractivity contribution in [3.8, 4) is 0 Å². The zero-order valence-electron chi connectivity index (χ0n) is 7.96. The molecule has 0 fully saturated rings. The summed E-state index contributed by atoms with van der Waals surface area (Å²) >= 11 is 0. The summed E-state index contributed by atoms with van der Waals surface area (Å²) in [6.45, 7) is 2.08. The minimum Gasteiger partial charge on any atom is -1.00 e. The quantitative estimate of drug-likeness (QED) is 0.461. The molecule has 1 heteroatoms. The minimum atomic E-state index is 0. The Kier molecular flexibility index (Phi) is 3.60. The number of benzene rings is 1. The van der Waals surface area contributed by atoms with Crippen LogP contribution in [0.1, 0.15) is 9.84 Å². The standard InChI is InChI=1S/C7H8.Al.3H/c1-7-5-3-2-4-6-7;;;;/h2-6H,1H3;;;;/q;+3;3*-1. The monoisotopic (exact) mass is 122 g/mol. The molecule has 0 aromatic heterocycles. The number of rotatable bonds is 0. The fourth-order valence-corrected chi connectivity index (χ4v) is 0.534. The molecule has 0 N–H and O–H groups in total. The summed E-state index contributed by atoms with van der Waals surface area (Å²) < 4.78 is 0. The van der Waals surface area contributed by atoms with Gasteiger partial charge in [-0.25, -0.2) is 0 Å². The third-order valence-electron chi connectivity index (χ3n) is 0.940. The third-order valence-corrected chi connectivity index (χ3v) is 0.940. The van der Waals surface area contributed by atoms with Gasteiger partial charge in [0.1, 0.15) is 0 Å². The molecular weight excluding hydrogens is 111 g/mol. The molecule has 0 aliphatic rings.